The van der Waals surface area contributed by atoms with Gasteiger partial charge in [-0.05, 0) is 25.0 Å². The predicted octanol–water partition coefficient (Wildman–Crippen LogP) is -0.218. The third-order valence-corrected chi connectivity index (χ3v) is 3.92. The van der Waals surface area contributed by atoms with Gasteiger partial charge in [-0.1, -0.05) is 12.1 Å². The molecule has 162 valence electrons. The van der Waals surface area contributed by atoms with E-state index in [0.29, 0.717) is 0 Å². The Morgan fingerprint density at radius 2 is 1.00 bits per heavy atom. The van der Waals surface area contributed by atoms with E-state index < -0.39 is 60.6 Å². The van der Waals surface area contributed by atoms with Crippen molar-refractivity contribution in [2.45, 2.75) is 37.8 Å². The van der Waals surface area contributed by atoms with Gasteiger partial charge in [0.25, 0.3) is 11.8 Å². The number of carbonyl (C=O) groups is 6. The van der Waals surface area contributed by atoms with Crippen molar-refractivity contribution in [3.63, 3.8) is 0 Å². The zero-order valence-electron chi connectivity index (χ0n) is 15.5. The second-order valence-electron chi connectivity index (χ2n) is 6.14. The fourth-order valence-corrected chi connectivity index (χ4v) is 2.40. The van der Waals surface area contributed by atoms with E-state index in [4.69, 9.17) is 20.4 Å². The maximum absolute atomic E-state index is 12.5. The molecule has 0 saturated carbocycles. The molecule has 0 radical (unpaired) electrons. The molecule has 0 bridgehead atoms. The van der Waals surface area contributed by atoms with Crippen LogP contribution in [0, 0.1) is 0 Å². The van der Waals surface area contributed by atoms with E-state index in [1.54, 1.807) is 0 Å². The highest BCUT2D eigenvalue weighted by Gasteiger charge is 2.26. The summed E-state index contributed by atoms with van der Waals surface area (Å²) in [7, 11) is 0. The van der Waals surface area contributed by atoms with Gasteiger partial charge in [0, 0.05) is 12.8 Å². The van der Waals surface area contributed by atoms with Crippen LogP contribution in [0.3, 0.4) is 0 Å². The van der Waals surface area contributed by atoms with E-state index in [1.807, 2.05) is 0 Å². The molecular weight excluding hydrogens is 404 g/mol. The SMILES string of the molecule is O=C(O)CC[C@H](NC(=O)c1ccccc1C(=O)N[C@H](CCC(=O)O)C(=O)O)C(=O)O. The molecule has 12 nitrogen and oxygen atoms in total. The van der Waals surface area contributed by atoms with Crippen LogP contribution in [0.4, 0.5) is 0 Å². The van der Waals surface area contributed by atoms with Crippen molar-refractivity contribution in [1.29, 1.82) is 0 Å². The molecule has 2 atom stereocenters. The van der Waals surface area contributed by atoms with Crippen LogP contribution in [0.2, 0.25) is 0 Å². The van der Waals surface area contributed by atoms with E-state index in [1.165, 1.54) is 24.3 Å². The monoisotopic (exact) mass is 424 g/mol. The second kappa shape index (κ2) is 11.1. The number of hydrogen-bond acceptors (Lipinski definition) is 6. The van der Waals surface area contributed by atoms with Crippen LogP contribution in [0.15, 0.2) is 24.3 Å². The Morgan fingerprint density at radius 3 is 1.27 bits per heavy atom. The van der Waals surface area contributed by atoms with Crippen molar-refractivity contribution in [2.75, 3.05) is 0 Å². The Hall–Kier alpha value is -3.96. The molecule has 30 heavy (non-hydrogen) atoms. The maximum Gasteiger partial charge on any atom is 0.326 e. The first-order valence-electron chi connectivity index (χ1n) is 8.62. The van der Waals surface area contributed by atoms with Crippen molar-refractivity contribution in [1.82, 2.24) is 10.6 Å². The van der Waals surface area contributed by atoms with Crippen LogP contribution in [0.5, 0.6) is 0 Å². The minimum absolute atomic E-state index is 0.265. The van der Waals surface area contributed by atoms with Crippen LogP contribution >= 0.6 is 0 Å². The van der Waals surface area contributed by atoms with Gasteiger partial charge in [0.05, 0.1) is 11.1 Å². The number of rotatable bonds is 12. The minimum atomic E-state index is -1.52. The summed E-state index contributed by atoms with van der Waals surface area (Å²) in [6, 6.07) is 2.13. The van der Waals surface area contributed by atoms with Gasteiger partial charge in [-0.3, -0.25) is 19.2 Å². The molecule has 1 aromatic carbocycles. The molecule has 0 fully saturated rings. The molecule has 12 heteroatoms. The zero-order valence-corrected chi connectivity index (χ0v) is 15.5. The van der Waals surface area contributed by atoms with E-state index in [2.05, 4.69) is 10.6 Å². The van der Waals surface area contributed by atoms with Gasteiger partial charge in [-0.15, -0.1) is 0 Å². The number of aliphatic carboxylic acids is 4. The van der Waals surface area contributed by atoms with Gasteiger partial charge in [-0.25, -0.2) is 9.59 Å². The van der Waals surface area contributed by atoms with Gasteiger partial charge < -0.3 is 31.1 Å². The number of carboxylic acid groups (broad SMARTS) is 4. The first-order valence-corrected chi connectivity index (χ1v) is 8.62. The summed E-state index contributed by atoms with van der Waals surface area (Å²) in [6.07, 6.45) is -1.80. The molecule has 0 aliphatic heterocycles. The molecule has 0 aromatic heterocycles. The van der Waals surface area contributed by atoms with Gasteiger partial charge in [0.15, 0.2) is 0 Å². The van der Waals surface area contributed by atoms with Crippen molar-refractivity contribution >= 4 is 35.7 Å². The standard InChI is InChI=1S/C18H20N2O10/c21-13(22)7-5-11(17(27)28)19-15(25)9-3-1-2-4-10(9)16(26)20-12(18(29)30)6-8-14(23)24/h1-4,11-12H,5-8H2,(H,19,25)(H,20,26)(H,21,22)(H,23,24)(H,27,28)(H,29,30)/t11-,12+. The van der Waals surface area contributed by atoms with Crippen LogP contribution in [-0.4, -0.2) is 68.2 Å². The topological polar surface area (TPSA) is 207 Å². The summed E-state index contributed by atoms with van der Waals surface area (Å²) in [6.45, 7) is 0. The molecule has 1 aromatic rings. The third-order valence-electron chi connectivity index (χ3n) is 3.92. The van der Waals surface area contributed by atoms with E-state index in [-0.39, 0.29) is 24.0 Å². The fourth-order valence-electron chi connectivity index (χ4n) is 2.40. The predicted molar refractivity (Wildman–Crippen MR) is 98.0 cm³/mol. The Kier molecular flexibility index (Phi) is 8.94. The van der Waals surface area contributed by atoms with Crippen molar-refractivity contribution in [3.05, 3.63) is 35.4 Å². The number of amides is 2. The summed E-state index contributed by atoms with van der Waals surface area (Å²) in [5, 5.41) is 39.9. The summed E-state index contributed by atoms with van der Waals surface area (Å²) < 4.78 is 0. The lowest BCUT2D eigenvalue weighted by atomic mass is 10.0. The van der Waals surface area contributed by atoms with E-state index in [9.17, 15) is 28.8 Å². The van der Waals surface area contributed by atoms with Gasteiger partial charge >= 0.3 is 23.9 Å². The number of carbonyl (C=O) groups excluding carboxylic acids is 2. The quantitative estimate of drug-likeness (QED) is 0.260. The summed E-state index contributed by atoms with van der Waals surface area (Å²) in [5.41, 5.74) is -0.530. The average molecular weight is 424 g/mol. The fraction of sp³-hybridized carbons (Fsp3) is 0.333. The van der Waals surface area contributed by atoms with Gasteiger partial charge in [0.1, 0.15) is 12.1 Å². The summed E-state index contributed by atoms with van der Waals surface area (Å²) in [5.74, 6) is -7.39. The lowest BCUT2D eigenvalue weighted by Gasteiger charge is -2.17. The number of benzene rings is 1. The lowest BCUT2D eigenvalue weighted by molar-refractivity contribution is -0.142. The Balaban J connectivity index is 3.01. The van der Waals surface area contributed by atoms with Crippen molar-refractivity contribution < 1.29 is 49.2 Å². The zero-order chi connectivity index (χ0) is 22.8. The first kappa shape index (κ1) is 24.1. The number of nitrogens with one attached hydrogen (secondary N) is 2. The molecule has 1 rings (SSSR count). The molecule has 2 amide bonds. The molecule has 0 heterocycles. The normalized spacial score (nSPS) is 12.3. The molecule has 0 unspecified atom stereocenters. The van der Waals surface area contributed by atoms with E-state index in [0.717, 1.165) is 0 Å². The molecule has 0 saturated heterocycles. The first-order chi connectivity index (χ1) is 14.0. The highest BCUT2D eigenvalue weighted by molar-refractivity contribution is 6.08. The molecule has 6 N–H and O–H groups in total. The smallest absolute Gasteiger partial charge is 0.326 e. The number of carboxylic acids is 4. The highest BCUT2D eigenvalue weighted by atomic mass is 16.4. The largest absolute Gasteiger partial charge is 0.481 e. The van der Waals surface area contributed by atoms with Crippen LogP contribution in [0.25, 0.3) is 0 Å². The second-order valence-corrected chi connectivity index (χ2v) is 6.14. The number of hydrogen-bond donors (Lipinski definition) is 6. The van der Waals surface area contributed by atoms with Crippen LogP contribution in [0.1, 0.15) is 46.4 Å². The average Bonchev–Trinajstić information content (AvgIpc) is 2.67. The molecule has 0 aliphatic rings. The van der Waals surface area contributed by atoms with Crippen molar-refractivity contribution in [3.8, 4) is 0 Å². The van der Waals surface area contributed by atoms with Crippen molar-refractivity contribution in [2.24, 2.45) is 0 Å². The Labute approximate surface area is 169 Å². The summed E-state index contributed by atoms with van der Waals surface area (Å²) in [4.78, 5) is 68.7. The van der Waals surface area contributed by atoms with Crippen LogP contribution in [-0.2, 0) is 19.2 Å². The highest BCUT2D eigenvalue weighted by Crippen LogP contribution is 2.11. The van der Waals surface area contributed by atoms with Gasteiger partial charge in [-0.2, -0.15) is 0 Å². The van der Waals surface area contributed by atoms with Gasteiger partial charge in [0.2, 0.25) is 0 Å². The molecular formula is C18H20N2O10. The maximum atomic E-state index is 12.5. The van der Waals surface area contributed by atoms with E-state index >= 15 is 0 Å². The Morgan fingerprint density at radius 1 is 0.667 bits per heavy atom. The lowest BCUT2D eigenvalue weighted by Crippen LogP contribution is -2.43. The van der Waals surface area contributed by atoms with Crippen LogP contribution < -0.4 is 10.6 Å². The Bertz CT molecular complexity index is 782. The third kappa shape index (κ3) is 7.58. The summed E-state index contributed by atoms with van der Waals surface area (Å²) >= 11 is 0. The molecule has 0 spiro atoms. The molecule has 0 aliphatic carbocycles. The minimum Gasteiger partial charge on any atom is -0.481 e.